The summed E-state index contributed by atoms with van der Waals surface area (Å²) in [6.07, 6.45) is 2.83. The van der Waals surface area contributed by atoms with Crippen molar-refractivity contribution < 1.29 is 12.8 Å². The summed E-state index contributed by atoms with van der Waals surface area (Å²) >= 11 is 0. The van der Waals surface area contributed by atoms with Gasteiger partial charge in [0.2, 0.25) is 10.0 Å². The quantitative estimate of drug-likeness (QED) is 0.738. The average molecular weight is 380 g/mol. The molecule has 0 saturated carbocycles. The van der Waals surface area contributed by atoms with Crippen molar-refractivity contribution in [2.75, 3.05) is 14.1 Å². The third-order valence-corrected chi connectivity index (χ3v) is 6.17. The lowest BCUT2D eigenvalue weighted by molar-refractivity contribution is 0.516. The first kappa shape index (κ1) is 20.3. The molecule has 0 aliphatic heterocycles. The van der Waals surface area contributed by atoms with Crippen LogP contribution in [-0.2, 0) is 23.0 Å². The Labute approximate surface area is 155 Å². The van der Waals surface area contributed by atoms with Gasteiger partial charge < -0.3 is 0 Å². The Morgan fingerprint density at radius 3 is 2.38 bits per heavy atom. The minimum atomic E-state index is -3.43. The fourth-order valence-electron chi connectivity index (χ4n) is 2.77. The van der Waals surface area contributed by atoms with E-state index in [1.165, 1.54) is 18.4 Å². The summed E-state index contributed by atoms with van der Waals surface area (Å²) in [7, 11) is -0.408. The van der Waals surface area contributed by atoms with Gasteiger partial charge in [0.15, 0.2) is 0 Å². The number of rotatable bonds is 7. The van der Waals surface area contributed by atoms with Crippen molar-refractivity contribution in [1.29, 1.82) is 0 Å². The Balaban J connectivity index is 2.24. The summed E-state index contributed by atoms with van der Waals surface area (Å²) < 4.78 is 41.0. The standard InChI is InChI=1S/C19H26FN3O2S/c1-6-7-17(20)13-23-15(3)19(14(2)21-23)12-16-8-10-18(11-9-16)26(24,25)22(4)5/h7-11H,6,12-13H2,1-5H3/b17-7-. The molecule has 2 aromatic rings. The predicted molar refractivity (Wildman–Crippen MR) is 101 cm³/mol. The van der Waals surface area contributed by atoms with Gasteiger partial charge in [-0.2, -0.15) is 5.10 Å². The molecule has 0 amide bonds. The zero-order chi connectivity index (χ0) is 19.5. The summed E-state index contributed by atoms with van der Waals surface area (Å²) in [5, 5.41) is 4.44. The van der Waals surface area contributed by atoms with Gasteiger partial charge in [0.05, 0.1) is 17.1 Å². The van der Waals surface area contributed by atoms with E-state index in [-0.39, 0.29) is 17.3 Å². The minimum absolute atomic E-state index is 0.139. The second-order valence-electron chi connectivity index (χ2n) is 6.47. The van der Waals surface area contributed by atoms with Crippen LogP contribution in [0.25, 0.3) is 0 Å². The van der Waals surface area contributed by atoms with Gasteiger partial charge in [0.25, 0.3) is 0 Å². The van der Waals surface area contributed by atoms with Crippen LogP contribution >= 0.6 is 0 Å². The van der Waals surface area contributed by atoms with Gasteiger partial charge in [-0.25, -0.2) is 17.1 Å². The molecule has 1 aromatic carbocycles. The van der Waals surface area contributed by atoms with E-state index in [2.05, 4.69) is 5.10 Å². The third kappa shape index (κ3) is 4.40. The number of hydrogen-bond donors (Lipinski definition) is 0. The number of hydrogen-bond acceptors (Lipinski definition) is 3. The molecule has 0 aliphatic carbocycles. The Kier molecular flexibility index (Phi) is 6.36. The highest BCUT2D eigenvalue weighted by molar-refractivity contribution is 7.89. The second kappa shape index (κ2) is 8.14. The number of aryl methyl sites for hydroxylation is 1. The predicted octanol–water partition coefficient (Wildman–Crippen LogP) is 3.60. The van der Waals surface area contributed by atoms with E-state index in [4.69, 9.17) is 0 Å². The summed E-state index contributed by atoms with van der Waals surface area (Å²) in [6.45, 7) is 5.87. The minimum Gasteiger partial charge on any atom is -0.263 e. The number of aromatic nitrogens is 2. The van der Waals surface area contributed by atoms with Crippen LogP contribution in [0, 0.1) is 13.8 Å². The third-order valence-electron chi connectivity index (χ3n) is 4.34. The van der Waals surface area contributed by atoms with E-state index in [0.29, 0.717) is 12.8 Å². The van der Waals surface area contributed by atoms with E-state index >= 15 is 0 Å². The number of halogens is 1. The van der Waals surface area contributed by atoms with Crippen LogP contribution in [0.1, 0.15) is 35.9 Å². The molecular weight excluding hydrogens is 353 g/mol. The molecule has 2 rings (SSSR count). The largest absolute Gasteiger partial charge is 0.263 e. The Morgan fingerprint density at radius 2 is 1.85 bits per heavy atom. The molecule has 7 heteroatoms. The summed E-state index contributed by atoms with van der Waals surface area (Å²) in [4.78, 5) is 0.266. The molecule has 0 unspecified atom stereocenters. The van der Waals surface area contributed by atoms with Crippen molar-refractivity contribution >= 4 is 10.0 Å². The molecule has 0 atom stereocenters. The van der Waals surface area contributed by atoms with Gasteiger partial charge in [0, 0.05) is 31.8 Å². The van der Waals surface area contributed by atoms with Crippen LogP contribution in [-0.4, -0.2) is 36.6 Å². The maximum Gasteiger partial charge on any atom is 0.242 e. The first-order valence-electron chi connectivity index (χ1n) is 8.55. The van der Waals surface area contributed by atoms with Gasteiger partial charge in [-0.3, -0.25) is 4.68 Å². The fraction of sp³-hybridized carbons (Fsp3) is 0.421. The Bertz CT molecular complexity index is 898. The van der Waals surface area contributed by atoms with Crippen LogP contribution in [0.5, 0.6) is 0 Å². The van der Waals surface area contributed by atoms with Crippen LogP contribution in [0.15, 0.2) is 41.1 Å². The summed E-state index contributed by atoms with van der Waals surface area (Å²) in [5.74, 6) is -0.192. The Morgan fingerprint density at radius 1 is 1.23 bits per heavy atom. The van der Waals surface area contributed by atoms with Gasteiger partial charge >= 0.3 is 0 Å². The molecule has 5 nitrogen and oxygen atoms in total. The van der Waals surface area contributed by atoms with Crippen molar-refractivity contribution in [2.24, 2.45) is 0 Å². The number of nitrogens with zero attached hydrogens (tertiary/aromatic N) is 3. The van der Waals surface area contributed by atoms with E-state index in [0.717, 1.165) is 22.5 Å². The zero-order valence-corrected chi connectivity index (χ0v) is 16.8. The van der Waals surface area contributed by atoms with E-state index in [1.54, 1.807) is 22.9 Å². The van der Waals surface area contributed by atoms with E-state index in [1.807, 2.05) is 32.9 Å². The van der Waals surface area contributed by atoms with Crippen molar-refractivity contribution in [1.82, 2.24) is 14.1 Å². The van der Waals surface area contributed by atoms with Crippen molar-refractivity contribution in [3.05, 3.63) is 58.7 Å². The first-order valence-corrected chi connectivity index (χ1v) is 9.99. The van der Waals surface area contributed by atoms with Gasteiger partial charge in [0.1, 0.15) is 5.83 Å². The lowest BCUT2D eigenvalue weighted by atomic mass is 10.0. The molecule has 1 heterocycles. The van der Waals surface area contributed by atoms with Crippen LogP contribution in [0.3, 0.4) is 0 Å². The number of allylic oxidation sites excluding steroid dienone is 2. The van der Waals surface area contributed by atoms with Gasteiger partial charge in [-0.05, 0) is 38.0 Å². The van der Waals surface area contributed by atoms with Gasteiger partial charge in [-0.1, -0.05) is 25.1 Å². The summed E-state index contributed by atoms with van der Waals surface area (Å²) in [6, 6.07) is 6.85. The van der Waals surface area contributed by atoms with Gasteiger partial charge in [-0.15, -0.1) is 0 Å². The normalized spacial score (nSPS) is 12.8. The molecule has 0 aliphatic rings. The van der Waals surface area contributed by atoms with Crippen molar-refractivity contribution in [2.45, 2.75) is 45.1 Å². The topological polar surface area (TPSA) is 55.2 Å². The average Bonchev–Trinajstić information content (AvgIpc) is 2.83. The monoisotopic (exact) mass is 379 g/mol. The lowest BCUT2D eigenvalue weighted by Gasteiger charge is -2.11. The van der Waals surface area contributed by atoms with Crippen LogP contribution in [0.4, 0.5) is 4.39 Å². The highest BCUT2D eigenvalue weighted by Crippen LogP contribution is 2.21. The van der Waals surface area contributed by atoms with Crippen molar-refractivity contribution in [3.63, 3.8) is 0 Å². The van der Waals surface area contributed by atoms with E-state index in [9.17, 15) is 12.8 Å². The highest BCUT2D eigenvalue weighted by atomic mass is 32.2. The van der Waals surface area contributed by atoms with Crippen molar-refractivity contribution in [3.8, 4) is 0 Å². The molecule has 0 bridgehead atoms. The molecule has 0 radical (unpaired) electrons. The smallest absolute Gasteiger partial charge is 0.242 e. The molecule has 142 valence electrons. The number of sulfonamides is 1. The maximum atomic E-state index is 13.8. The summed E-state index contributed by atoms with van der Waals surface area (Å²) in [5.41, 5.74) is 3.81. The molecule has 1 aromatic heterocycles. The van der Waals surface area contributed by atoms with Crippen LogP contribution < -0.4 is 0 Å². The fourth-order valence-corrected chi connectivity index (χ4v) is 3.67. The molecule has 0 saturated heterocycles. The lowest BCUT2D eigenvalue weighted by Crippen LogP contribution is -2.22. The first-order chi connectivity index (χ1) is 12.2. The molecular formula is C19H26FN3O2S. The second-order valence-corrected chi connectivity index (χ2v) is 8.63. The molecule has 26 heavy (non-hydrogen) atoms. The van der Waals surface area contributed by atoms with E-state index < -0.39 is 10.0 Å². The number of benzene rings is 1. The molecule has 0 N–H and O–H groups in total. The molecule has 0 spiro atoms. The zero-order valence-electron chi connectivity index (χ0n) is 16.0. The van der Waals surface area contributed by atoms with Crippen LogP contribution in [0.2, 0.25) is 0 Å². The maximum absolute atomic E-state index is 13.8. The Hall–Kier alpha value is -1.99. The highest BCUT2D eigenvalue weighted by Gasteiger charge is 2.17. The molecule has 0 fully saturated rings. The SMILES string of the molecule is CC/C=C(\F)Cn1nc(C)c(Cc2ccc(S(=O)(=O)N(C)C)cc2)c1C.